The average molecular weight is 466 g/mol. The number of aryl methyl sites for hydroxylation is 1. The second-order valence-electron chi connectivity index (χ2n) is 7.01. The number of aromatic nitrogens is 1. The lowest BCUT2D eigenvalue weighted by molar-refractivity contribution is 0.102. The van der Waals surface area contributed by atoms with E-state index in [4.69, 9.17) is 17.0 Å². The Labute approximate surface area is 199 Å². The topological polar surface area (TPSA) is 98.2 Å². The van der Waals surface area contributed by atoms with Gasteiger partial charge < -0.3 is 15.5 Å². The van der Waals surface area contributed by atoms with Crippen LogP contribution in [0.1, 0.15) is 47.1 Å². The monoisotopic (exact) mass is 465 g/mol. The molecule has 0 fully saturated rings. The molecule has 1 aromatic heterocycles. The number of amides is 2. The standard InChI is InChI=1S/C23H22ClN5O2.C2H6/c1-14-4-10-20(19(12-14)23(31)28-21-11-7-17(24)13-26-21)27-22(30)16-5-8-18(9-6-16)29(3)15(2)25;1-2/h4-13,25H,1-3H3,(H,27,30)(H,26,28,31);1-2H3. The highest BCUT2D eigenvalue weighted by Gasteiger charge is 2.16. The van der Waals surface area contributed by atoms with Crippen LogP contribution in [0.15, 0.2) is 60.8 Å². The summed E-state index contributed by atoms with van der Waals surface area (Å²) >= 11 is 5.83. The minimum absolute atomic E-state index is 0.320. The number of carbonyl (C=O) groups is 2. The van der Waals surface area contributed by atoms with E-state index < -0.39 is 5.91 Å². The molecule has 0 spiro atoms. The number of amidine groups is 1. The lowest BCUT2D eigenvalue weighted by atomic mass is 10.1. The number of halogens is 1. The van der Waals surface area contributed by atoms with Crippen molar-refractivity contribution in [1.29, 1.82) is 5.41 Å². The fourth-order valence-corrected chi connectivity index (χ4v) is 2.92. The molecule has 3 rings (SSSR count). The van der Waals surface area contributed by atoms with Crippen LogP contribution in [0, 0.1) is 12.3 Å². The number of pyridine rings is 1. The largest absolute Gasteiger partial charge is 0.334 e. The van der Waals surface area contributed by atoms with Gasteiger partial charge in [-0.2, -0.15) is 0 Å². The molecule has 0 atom stereocenters. The number of rotatable bonds is 5. The highest BCUT2D eigenvalue weighted by Crippen LogP contribution is 2.21. The van der Waals surface area contributed by atoms with E-state index in [1.165, 1.54) is 6.20 Å². The van der Waals surface area contributed by atoms with E-state index in [1.807, 2.05) is 26.8 Å². The number of anilines is 3. The van der Waals surface area contributed by atoms with Crippen molar-refractivity contribution >= 4 is 46.4 Å². The Morgan fingerprint density at radius 1 is 0.970 bits per heavy atom. The van der Waals surface area contributed by atoms with Gasteiger partial charge >= 0.3 is 0 Å². The number of carbonyl (C=O) groups excluding carboxylic acids is 2. The van der Waals surface area contributed by atoms with Gasteiger partial charge in [0.2, 0.25) is 0 Å². The Morgan fingerprint density at radius 3 is 2.21 bits per heavy atom. The normalized spacial score (nSPS) is 9.88. The summed E-state index contributed by atoms with van der Waals surface area (Å²) in [7, 11) is 1.78. The van der Waals surface area contributed by atoms with Crippen molar-refractivity contribution in [2.24, 2.45) is 0 Å². The summed E-state index contributed by atoms with van der Waals surface area (Å²) in [5.41, 5.74) is 2.82. The first kappa shape index (κ1) is 25.5. The molecule has 0 bridgehead atoms. The molecule has 0 unspecified atom stereocenters. The smallest absolute Gasteiger partial charge is 0.258 e. The molecular weight excluding hydrogens is 438 g/mol. The van der Waals surface area contributed by atoms with Gasteiger partial charge in [-0.05, 0) is 62.4 Å². The molecule has 2 amide bonds. The highest BCUT2D eigenvalue weighted by atomic mass is 35.5. The number of benzene rings is 2. The predicted octanol–water partition coefficient (Wildman–Crippen LogP) is 6.01. The van der Waals surface area contributed by atoms with E-state index in [0.29, 0.717) is 33.5 Å². The van der Waals surface area contributed by atoms with Gasteiger partial charge in [0, 0.05) is 24.5 Å². The third kappa shape index (κ3) is 6.89. The van der Waals surface area contributed by atoms with Gasteiger partial charge in [0.15, 0.2) is 0 Å². The minimum atomic E-state index is -0.396. The minimum Gasteiger partial charge on any atom is -0.334 e. The van der Waals surface area contributed by atoms with Crippen LogP contribution in [-0.2, 0) is 0 Å². The van der Waals surface area contributed by atoms with Crippen molar-refractivity contribution in [3.63, 3.8) is 0 Å². The van der Waals surface area contributed by atoms with Crippen LogP contribution < -0.4 is 15.5 Å². The van der Waals surface area contributed by atoms with Crippen molar-refractivity contribution in [1.82, 2.24) is 4.98 Å². The van der Waals surface area contributed by atoms with Crippen LogP contribution >= 0.6 is 11.6 Å². The fourth-order valence-electron chi connectivity index (χ4n) is 2.81. The number of hydrogen-bond acceptors (Lipinski definition) is 4. The molecule has 1 heterocycles. The lowest BCUT2D eigenvalue weighted by Crippen LogP contribution is -2.22. The molecule has 0 aliphatic carbocycles. The van der Waals surface area contributed by atoms with Crippen LogP contribution in [0.25, 0.3) is 0 Å². The zero-order valence-electron chi connectivity index (χ0n) is 19.4. The van der Waals surface area contributed by atoms with Gasteiger partial charge in [0.1, 0.15) is 5.82 Å². The molecular formula is C25H28ClN5O2. The van der Waals surface area contributed by atoms with E-state index in [-0.39, 0.29) is 5.91 Å². The first-order valence-electron chi connectivity index (χ1n) is 10.5. The van der Waals surface area contributed by atoms with E-state index in [0.717, 1.165) is 11.3 Å². The lowest BCUT2D eigenvalue weighted by Gasteiger charge is -2.17. The van der Waals surface area contributed by atoms with Gasteiger partial charge in [0.25, 0.3) is 11.8 Å². The SMILES string of the molecule is CC.CC(=N)N(C)c1ccc(C(=O)Nc2ccc(C)cc2C(=O)Nc2ccc(Cl)cn2)cc1. The van der Waals surface area contributed by atoms with Crippen LogP contribution in [-0.4, -0.2) is 29.7 Å². The molecule has 2 aromatic carbocycles. The maximum atomic E-state index is 12.8. The zero-order valence-corrected chi connectivity index (χ0v) is 20.1. The first-order valence-corrected chi connectivity index (χ1v) is 10.9. The molecule has 0 saturated heterocycles. The predicted molar refractivity (Wildman–Crippen MR) is 136 cm³/mol. The molecule has 33 heavy (non-hydrogen) atoms. The first-order chi connectivity index (χ1) is 15.7. The van der Waals surface area contributed by atoms with Crippen molar-refractivity contribution in [3.05, 3.63) is 82.5 Å². The number of hydrogen-bond donors (Lipinski definition) is 3. The fraction of sp³-hybridized carbons (Fsp3) is 0.200. The molecule has 0 saturated carbocycles. The quantitative estimate of drug-likeness (QED) is 0.317. The van der Waals surface area contributed by atoms with Crippen LogP contribution in [0.3, 0.4) is 0 Å². The molecule has 7 nitrogen and oxygen atoms in total. The van der Waals surface area contributed by atoms with Crippen LogP contribution in [0.2, 0.25) is 5.02 Å². The molecule has 0 radical (unpaired) electrons. The summed E-state index contributed by atoms with van der Waals surface area (Å²) in [5.74, 6) is 0.00706. The molecule has 3 aromatic rings. The maximum absolute atomic E-state index is 12.8. The Bertz CT molecular complexity index is 1130. The van der Waals surface area contributed by atoms with Crippen LogP contribution in [0.5, 0.6) is 0 Å². The Morgan fingerprint density at radius 2 is 1.64 bits per heavy atom. The summed E-state index contributed by atoms with van der Waals surface area (Å²) in [6.07, 6.45) is 1.44. The number of nitrogens with one attached hydrogen (secondary N) is 3. The van der Waals surface area contributed by atoms with Crippen molar-refractivity contribution in [2.45, 2.75) is 27.7 Å². The summed E-state index contributed by atoms with van der Waals surface area (Å²) in [4.78, 5) is 31.3. The van der Waals surface area contributed by atoms with Crippen molar-refractivity contribution in [2.75, 3.05) is 22.6 Å². The third-order valence-electron chi connectivity index (χ3n) is 4.66. The average Bonchev–Trinajstić information content (AvgIpc) is 2.82. The van der Waals surface area contributed by atoms with Gasteiger partial charge in [-0.3, -0.25) is 15.0 Å². The van der Waals surface area contributed by atoms with Gasteiger partial charge in [-0.1, -0.05) is 37.1 Å². The van der Waals surface area contributed by atoms with Gasteiger partial charge in [-0.15, -0.1) is 0 Å². The summed E-state index contributed by atoms with van der Waals surface area (Å²) < 4.78 is 0. The number of nitrogens with zero attached hydrogens (tertiary/aromatic N) is 2. The van der Waals surface area contributed by atoms with E-state index in [9.17, 15) is 9.59 Å². The molecule has 0 aliphatic heterocycles. The summed E-state index contributed by atoms with van der Waals surface area (Å²) in [6.45, 7) is 7.55. The second-order valence-corrected chi connectivity index (χ2v) is 7.45. The highest BCUT2D eigenvalue weighted by molar-refractivity contribution is 6.30. The van der Waals surface area contributed by atoms with Gasteiger partial charge in [0.05, 0.1) is 22.1 Å². The second kappa shape index (κ2) is 11.8. The Hall–Kier alpha value is -3.71. The Balaban J connectivity index is 0.00000187. The van der Waals surface area contributed by atoms with Crippen molar-refractivity contribution in [3.8, 4) is 0 Å². The third-order valence-corrected chi connectivity index (χ3v) is 4.88. The zero-order chi connectivity index (χ0) is 24.5. The summed E-state index contributed by atoms with van der Waals surface area (Å²) in [6, 6.07) is 15.3. The van der Waals surface area contributed by atoms with E-state index in [1.54, 1.807) is 67.4 Å². The van der Waals surface area contributed by atoms with E-state index >= 15 is 0 Å². The molecule has 8 heteroatoms. The molecule has 172 valence electrons. The van der Waals surface area contributed by atoms with Crippen LogP contribution in [0.4, 0.5) is 17.2 Å². The summed E-state index contributed by atoms with van der Waals surface area (Å²) in [5, 5.41) is 13.7. The van der Waals surface area contributed by atoms with Gasteiger partial charge in [-0.25, -0.2) is 4.98 Å². The molecule has 3 N–H and O–H groups in total. The molecule has 0 aliphatic rings. The Kier molecular flexibility index (Phi) is 9.12. The van der Waals surface area contributed by atoms with E-state index in [2.05, 4.69) is 15.6 Å². The maximum Gasteiger partial charge on any atom is 0.258 e. The van der Waals surface area contributed by atoms with Crippen molar-refractivity contribution < 1.29 is 9.59 Å².